The molecule has 0 spiro atoms. The Labute approximate surface area is 178 Å². The van der Waals surface area contributed by atoms with Crippen LogP contribution in [-0.4, -0.2) is 52.6 Å². The number of ether oxygens (including phenoxy) is 2. The molecule has 30 heavy (non-hydrogen) atoms. The molecular formula is C22H28N2O5S. The van der Waals surface area contributed by atoms with E-state index in [4.69, 9.17) is 9.47 Å². The summed E-state index contributed by atoms with van der Waals surface area (Å²) in [7, 11) is -2.43. The Hall–Kier alpha value is -2.58. The molecular weight excluding hydrogens is 404 g/mol. The lowest BCUT2D eigenvalue weighted by Gasteiger charge is -2.27. The van der Waals surface area contributed by atoms with Crippen molar-refractivity contribution in [3.8, 4) is 5.75 Å². The Morgan fingerprint density at radius 3 is 2.30 bits per heavy atom. The van der Waals surface area contributed by atoms with Crippen molar-refractivity contribution in [3.63, 3.8) is 0 Å². The van der Waals surface area contributed by atoms with Gasteiger partial charge >= 0.3 is 0 Å². The highest BCUT2D eigenvalue weighted by Gasteiger charge is 2.25. The molecule has 7 nitrogen and oxygen atoms in total. The SMILES string of the molecule is CCc1cccc(CC)c1NS(=O)(=O)c1ccc(OC)c(C(=O)N2CCOCC2)c1. The highest BCUT2D eigenvalue weighted by molar-refractivity contribution is 7.92. The molecule has 1 aliphatic heterocycles. The van der Waals surface area contributed by atoms with E-state index in [0.29, 0.717) is 50.6 Å². The van der Waals surface area contributed by atoms with Gasteiger partial charge in [0.2, 0.25) is 0 Å². The van der Waals surface area contributed by atoms with E-state index in [-0.39, 0.29) is 16.4 Å². The maximum Gasteiger partial charge on any atom is 0.261 e. The molecule has 2 aromatic carbocycles. The zero-order chi connectivity index (χ0) is 21.7. The van der Waals surface area contributed by atoms with Crippen LogP contribution in [0.5, 0.6) is 5.75 Å². The van der Waals surface area contributed by atoms with E-state index in [1.54, 1.807) is 4.90 Å². The number of hydrogen-bond donors (Lipinski definition) is 1. The van der Waals surface area contributed by atoms with E-state index in [0.717, 1.165) is 11.1 Å². The van der Waals surface area contributed by atoms with Crippen LogP contribution in [0.1, 0.15) is 35.3 Å². The van der Waals surface area contributed by atoms with Crippen LogP contribution in [0.3, 0.4) is 0 Å². The number of morpholine rings is 1. The van der Waals surface area contributed by atoms with Gasteiger partial charge in [-0.3, -0.25) is 9.52 Å². The van der Waals surface area contributed by atoms with Crippen molar-refractivity contribution in [2.45, 2.75) is 31.6 Å². The summed E-state index contributed by atoms with van der Waals surface area (Å²) >= 11 is 0. The third-order valence-corrected chi connectivity index (χ3v) is 6.59. The number of hydrogen-bond acceptors (Lipinski definition) is 5. The first kappa shape index (κ1) is 22.1. The molecule has 1 saturated heterocycles. The van der Waals surface area contributed by atoms with Crippen LogP contribution in [0.25, 0.3) is 0 Å². The van der Waals surface area contributed by atoms with Crippen LogP contribution in [-0.2, 0) is 27.6 Å². The van der Waals surface area contributed by atoms with Crippen molar-refractivity contribution in [2.75, 3.05) is 38.1 Å². The number of nitrogens with zero attached hydrogens (tertiary/aromatic N) is 1. The molecule has 0 aliphatic carbocycles. The second-order valence-electron chi connectivity index (χ2n) is 7.03. The van der Waals surface area contributed by atoms with Gasteiger partial charge in [0.25, 0.3) is 15.9 Å². The van der Waals surface area contributed by atoms with E-state index in [9.17, 15) is 13.2 Å². The van der Waals surface area contributed by atoms with Crippen molar-refractivity contribution in [3.05, 3.63) is 53.1 Å². The van der Waals surface area contributed by atoms with Crippen molar-refractivity contribution in [1.29, 1.82) is 0 Å². The van der Waals surface area contributed by atoms with Gasteiger partial charge in [-0.15, -0.1) is 0 Å². The van der Waals surface area contributed by atoms with Gasteiger partial charge in [0, 0.05) is 13.1 Å². The Kier molecular flexibility index (Phi) is 6.99. The second kappa shape index (κ2) is 9.49. The molecule has 0 aromatic heterocycles. The van der Waals surface area contributed by atoms with Crippen molar-refractivity contribution in [1.82, 2.24) is 4.90 Å². The minimum Gasteiger partial charge on any atom is -0.496 e. The number of carbonyl (C=O) groups is 1. The van der Waals surface area contributed by atoms with Crippen molar-refractivity contribution >= 4 is 21.6 Å². The van der Waals surface area contributed by atoms with Crippen LogP contribution in [0.15, 0.2) is 41.3 Å². The van der Waals surface area contributed by atoms with Gasteiger partial charge in [-0.05, 0) is 42.2 Å². The number of benzene rings is 2. The summed E-state index contributed by atoms with van der Waals surface area (Å²) in [5, 5.41) is 0. The molecule has 3 rings (SSSR count). The summed E-state index contributed by atoms with van der Waals surface area (Å²) in [5.41, 5.74) is 2.69. The van der Waals surface area contributed by atoms with Crippen molar-refractivity contribution in [2.24, 2.45) is 0 Å². The maximum atomic E-state index is 13.2. The molecule has 1 N–H and O–H groups in total. The third kappa shape index (κ3) is 4.60. The fraction of sp³-hybridized carbons (Fsp3) is 0.409. The topological polar surface area (TPSA) is 84.9 Å². The lowest BCUT2D eigenvalue weighted by Crippen LogP contribution is -2.40. The van der Waals surface area contributed by atoms with Crippen LogP contribution in [0.2, 0.25) is 0 Å². The Morgan fingerprint density at radius 2 is 1.73 bits per heavy atom. The predicted molar refractivity (Wildman–Crippen MR) is 116 cm³/mol. The van der Waals surface area contributed by atoms with Crippen LogP contribution < -0.4 is 9.46 Å². The van der Waals surface area contributed by atoms with Gasteiger partial charge in [-0.25, -0.2) is 8.42 Å². The van der Waals surface area contributed by atoms with Gasteiger partial charge in [0.15, 0.2) is 0 Å². The summed E-state index contributed by atoms with van der Waals surface area (Å²) in [5.74, 6) is 0.0732. The standard InChI is InChI=1S/C22H28N2O5S/c1-4-16-7-6-8-17(5-2)21(16)23-30(26,27)18-9-10-20(28-3)19(15-18)22(25)24-11-13-29-14-12-24/h6-10,15,23H,4-5,11-14H2,1-3H3. The average Bonchev–Trinajstić information content (AvgIpc) is 2.78. The van der Waals surface area contributed by atoms with Crippen molar-refractivity contribution < 1.29 is 22.7 Å². The molecule has 8 heteroatoms. The smallest absolute Gasteiger partial charge is 0.261 e. The number of methoxy groups -OCH3 is 1. The number of anilines is 1. The normalized spacial score (nSPS) is 14.4. The number of carbonyl (C=O) groups excluding carboxylic acids is 1. The quantitative estimate of drug-likeness (QED) is 0.727. The molecule has 1 aliphatic rings. The molecule has 1 amide bonds. The number of sulfonamides is 1. The number of para-hydroxylation sites is 1. The Morgan fingerprint density at radius 1 is 1.10 bits per heavy atom. The van der Waals surface area contributed by atoms with Gasteiger partial charge in [0.1, 0.15) is 5.75 Å². The van der Waals surface area contributed by atoms with E-state index in [1.165, 1.54) is 25.3 Å². The Balaban J connectivity index is 1.98. The lowest BCUT2D eigenvalue weighted by molar-refractivity contribution is 0.0300. The summed E-state index contributed by atoms with van der Waals surface area (Å²) in [6.07, 6.45) is 1.41. The van der Waals surface area contributed by atoms with Gasteiger partial charge in [-0.2, -0.15) is 0 Å². The fourth-order valence-electron chi connectivity index (χ4n) is 3.53. The van der Waals surface area contributed by atoms with E-state index in [2.05, 4.69) is 4.72 Å². The molecule has 0 radical (unpaired) electrons. The fourth-order valence-corrected chi connectivity index (χ4v) is 4.69. The monoisotopic (exact) mass is 432 g/mol. The maximum absolute atomic E-state index is 13.2. The van der Waals surface area contributed by atoms with Gasteiger partial charge in [0.05, 0.1) is 36.5 Å². The van der Waals surface area contributed by atoms with E-state index >= 15 is 0 Å². The largest absolute Gasteiger partial charge is 0.496 e. The zero-order valence-electron chi connectivity index (χ0n) is 17.6. The molecule has 0 atom stereocenters. The molecule has 1 heterocycles. The van der Waals surface area contributed by atoms with E-state index < -0.39 is 10.0 Å². The van der Waals surface area contributed by atoms with Gasteiger partial charge < -0.3 is 14.4 Å². The van der Waals surface area contributed by atoms with E-state index in [1.807, 2.05) is 32.0 Å². The average molecular weight is 433 g/mol. The minimum absolute atomic E-state index is 0.0212. The van der Waals surface area contributed by atoms with Crippen LogP contribution in [0, 0.1) is 0 Å². The highest BCUT2D eigenvalue weighted by Crippen LogP contribution is 2.28. The minimum atomic E-state index is -3.89. The predicted octanol–water partition coefficient (Wildman–Crippen LogP) is 3.09. The number of rotatable bonds is 7. The summed E-state index contributed by atoms with van der Waals surface area (Å²) in [6.45, 7) is 5.81. The molecule has 0 unspecified atom stereocenters. The first-order valence-electron chi connectivity index (χ1n) is 10.1. The lowest BCUT2D eigenvalue weighted by atomic mass is 10.0. The second-order valence-corrected chi connectivity index (χ2v) is 8.71. The molecule has 2 aromatic rings. The Bertz CT molecular complexity index is 992. The highest BCUT2D eigenvalue weighted by atomic mass is 32.2. The third-order valence-electron chi connectivity index (χ3n) is 5.25. The molecule has 0 saturated carbocycles. The molecule has 162 valence electrons. The summed E-state index contributed by atoms with van der Waals surface area (Å²) in [6, 6.07) is 10.1. The summed E-state index contributed by atoms with van der Waals surface area (Å²) in [4.78, 5) is 14.7. The molecule has 1 fully saturated rings. The van der Waals surface area contributed by atoms with Gasteiger partial charge in [-0.1, -0.05) is 32.0 Å². The van der Waals surface area contributed by atoms with Crippen LogP contribution >= 0.6 is 0 Å². The number of amides is 1. The first-order chi connectivity index (χ1) is 14.4. The number of aryl methyl sites for hydroxylation is 2. The molecule has 0 bridgehead atoms. The van der Waals surface area contributed by atoms with Crippen LogP contribution in [0.4, 0.5) is 5.69 Å². The summed E-state index contributed by atoms with van der Waals surface area (Å²) < 4.78 is 39.7. The number of nitrogens with one attached hydrogen (secondary N) is 1. The first-order valence-corrected chi connectivity index (χ1v) is 11.6. The zero-order valence-corrected chi connectivity index (χ0v) is 18.4.